The molecule has 2 saturated heterocycles. The number of likely N-dealkylation sites (tertiary alicyclic amines) is 1. The molecule has 188 valence electrons. The summed E-state index contributed by atoms with van der Waals surface area (Å²) in [5.41, 5.74) is 0.951. The number of piperidine rings is 1. The predicted octanol–water partition coefficient (Wildman–Crippen LogP) is 3.00. The van der Waals surface area contributed by atoms with Crippen LogP contribution in [-0.2, 0) is 16.4 Å². The topological polar surface area (TPSA) is 105 Å². The first-order chi connectivity index (χ1) is 16.6. The van der Waals surface area contributed by atoms with E-state index in [1.807, 2.05) is 6.92 Å². The fourth-order valence-corrected chi connectivity index (χ4v) is 7.37. The lowest BCUT2D eigenvalue weighted by atomic mass is 9.99. The van der Waals surface area contributed by atoms with Crippen LogP contribution in [0.5, 0.6) is 0 Å². The van der Waals surface area contributed by atoms with Gasteiger partial charge in [0.1, 0.15) is 4.91 Å². The number of nitrogens with zero attached hydrogens (tertiary/aromatic N) is 5. The maximum absolute atomic E-state index is 13.5. The minimum Gasteiger partial charge on any atom is -0.373 e. The van der Waals surface area contributed by atoms with Gasteiger partial charge < -0.3 is 10.2 Å². The van der Waals surface area contributed by atoms with Crippen molar-refractivity contribution in [2.24, 2.45) is 5.92 Å². The number of aromatic nitrogens is 4. The van der Waals surface area contributed by atoms with E-state index in [2.05, 4.69) is 30.1 Å². The quantitative estimate of drug-likeness (QED) is 0.577. The molecule has 4 aliphatic rings. The third kappa shape index (κ3) is 4.41. The van der Waals surface area contributed by atoms with Crippen molar-refractivity contribution in [2.45, 2.75) is 50.6 Å². The van der Waals surface area contributed by atoms with Gasteiger partial charge in [0, 0.05) is 49.5 Å². The molecule has 0 aromatic carbocycles. The van der Waals surface area contributed by atoms with E-state index in [1.54, 1.807) is 10.6 Å². The van der Waals surface area contributed by atoms with Crippen molar-refractivity contribution in [1.82, 2.24) is 34.7 Å². The van der Waals surface area contributed by atoms with Crippen LogP contribution < -0.4 is 10.0 Å². The molecule has 2 atom stereocenters. The number of hydrogen-bond acceptors (Lipinski definition) is 8. The highest BCUT2D eigenvalue weighted by Crippen LogP contribution is 2.39. The Morgan fingerprint density at radius 3 is 2.80 bits per heavy atom. The Bertz CT molecular complexity index is 1340. The highest BCUT2D eigenvalue weighted by Gasteiger charge is 2.42. The first-order valence-electron chi connectivity index (χ1n) is 11.4. The van der Waals surface area contributed by atoms with E-state index in [4.69, 9.17) is 11.6 Å². The van der Waals surface area contributed by atoms with Crippen molar-refractivity contribution in [3.05, 3.63) is 32.5 Å². The van der Waals surface area contributed by atoms with Gasteiger partial charge in [-0.3, -0.25) is 4.57 Å². The maximum Gasteiger partial charge on any atom is 0.291 e. The van der Waals surface area contributed by atoms with Crippen LogP contribution in [0.3, 0.4) is 0 Å². The number of halogens is 3. The lowest BCUT2D eigenvalue weighted by Crippen LogP contribution is -2.41. The maximum atomic E-state index is 13.5. The highest BCUT2D eigenvalue weighted by molar-refractivity contribution is 7.93. The summed E-state index contributed by atoms with van der Waals surface area (Å²) in [6.45, 7) is 4.41. The molecule has 0 amide bonds. The molecule has 2 bridgehead atoms. The Morgan fingerprint density at radius 1 is 1.31 bits per heavy atom. The Labute approximate surface area is 210 Å². The average Bonchev–Trinajstić information content (AvgIpc) is 3.09. The van der Waals surface area contributed by atoms with E-state index >= 15 is 0 Å². The molecule has 5 heterocycles. The fourth-order valence-electron chi connectivity index (χ4n) is 4.94. The summed E-state index contributed by atoms with van der Waals surface area (Å²) in [4.78, 5) is 6.67. The molecule has 35 heavy (non-hydrogen) atoms. The summed E-state index contributed by atoms with van der Waals surface area (Å²) in [6.07, 6.45) is 3.40. The molecule has 2 N–H and O–H groups in total. The summed E-state index contributed by atoms with van der Waals surface area (Å²) in [5, 5.41) is 10.8. The Kier molecular flexibility index (Phi) is 5.57. The predicted molar refractivity (Wildman–Crippen MR) is 128 cm³/mol. The summed E-state index contributed by atoms with van der Waals surface area (Å²) >= 11 is 7.24. The van der Waals surface area contributed by atoms with Crippen molar-refractivity contribution in [3.8, 4) is 10.8 Å². The van der Waals surface area contributed by atoms with Gasteiger partial charge in [-0.15, -0.1) is 10.2 Å². The van der Waals surface area contributed by atoms with Gasteiger partial charge in [-0.25, -0.2) is 26.9 Å². The molecule has 14 heteroatoms. The average molecular weight is 544 g/mol. The lowest BCUT2D eigenvalue weighted by Gasteiger charge is -2.34. The number of hydrogen-bond donors (Lipinski definition) is 2. The molecule has 0 radical (unpaired) electrons. The van der Waals surface area contributed by atoms with Gasteiger partial charge in [0.2, 0.25) is 10.0 Å². The zero-order valence-corrected chi connectivity index (χ0v) is 21.2. The van der Waals surface area contributed by atoms with Crippen LogP contribution in [0, 0.1) is 5.92 Å². The van der Waals surface area contributed by atoms with Crippen LogP contribution in [-0.4, -0.2) is 64.3 Å². The first-order valence-corrected chi connectivity index (χ1v) is 14.1. The lowest BCUT2D eigenvalue weighted by molar-refractivity contribution is 0.150. The van der Waals surface area contributed by atoms with Gasteiger partial charge in [-0.1, -0.05) is 22.9 Å². The number of nitrogens with one attached hydrogen (secondary N) is 2. The Hall–Kier alpha value is -1.93. The number of alkyl halides is 2. The van der Waals surface area contributed by atoms with Crippen LogP contribution in [0.4, 0.5) is 8.78 Å². The van der Waals surface area contributed by atoms with Crippen LogP contribution >= 0.6 is 22.9 Å². The van der Waals surface area contributed by atoms with E-state index in [0.29, 0.717) is 35.4 Å². The van der Waals surface area contributed by atoms with Gasteiger partial charge in [0.05, 0.1) is 5.69 Å². The largest absolute Gasteiger partial charge is 0.373 e. The monoisotopic (exact) mass is 543 g/mol. The SMILES string of the molecule is CC1(NS(=O)(=O)C2=Cn3c(-c4nnc(C(F)F)s4)nc(Cl)c3CC(N3CC4CNC(C4)C3)=C2)CC1. The van der Waals surface area contributed by atoms with Gasteiger partial charge in [-0.2, -0.15) is 0 Å². The molecule has 9 nitrogen and oxygen atoms in total. The number of imidazole rings is 1. The van der Waals surface area contributed by atoms with Crippen molar-refractivity contribution >= 4 is 39.2 Å². The summed E-state index contributed by atoms with van der Waals surface area (Å²) in [5.74, 6) is 0.685. The van der Waals surface area contributed by atoms with Crippen LogP contribution in [0.25, 0.3) is 17.0 Å². The van der Waals surface area contributed by atoms with E-state index in [0.717, 1.165) is 44.6 Å². The molecular weight excluding hydrogens is 520 g/mol. The van der Waals surface area contributed by atoms with Gasteiger partial charge in [-0.05, 0) is 38.2 Å². The molecule has 3 fully saturated rings. The zero-order chi connectivity index (χ0) is 24.5. The molecule has 0 spiro atoms. The molecule has 6 rings (SSSR count). The number of fused-ring (bicyclic) bond motifs is 3. The smallest absolute Gasteiger partial charge is 0.291 e. The third-order valence-electron chi connectivity index (χ3n) is 7.02. The zero-order valence-electron chi connectivity index (χ0n) is 18.8. The Balaban J connectivity index is 1.45. The van der Waals surface area contributed by atoms with Gasteiger partial charge in [0.15, 0.2) is 21.0 Å². The molecule has 2 aromatic heterocycles. The molecule has 1 aliphatic carbocycles. The minimum atomic E-state index is -3.88. The molecule has 3 aliphatic heterocycles. The summed E-state index contributed by atoms with van der Waals surface area (Å²) < 4.78 is 57.6. The van der Waals surface area contributed by atoms with Crippen molar-refractivity contribution in [2.75, 3.05) is 19.6 Å². The molecule has 2 unspecified atom stereocenters. The normalized spacial score (nSPS) is 25.3. The second-order valence-electron chi connectivity index (χ2n) is 9.91. The van der Waals surface area contributed by atoms with Crippen molar-refractivity contribution in [1.29, 1.82) is 0 Å². The standard InChI is InChI=1S/C21H24ClF2N7O2S2/c1-21(2-3-21)29-35(32,33)14-5-13(30-8-11-4-12(9-30)25-7-11)6-15-16(22)26-18(31(15)10-14)20-28-27-19(34-20)17(23)24/h5,10-12,17,25,29H,2-4,6-9H2,1H3. The number of rotatable bonds is 6. The second kappa shape index (κ2) is 8.30. The summed E-state index contributed by atoms with van der Waals surface area (Å²) in [7, 11) is -3.88. The highest BCUT2D eigenvalue weighted by atomic mass is 35.5. The Morgan fingerprint density at radius 2 is 2.11 bits per heavy atom. The minimum absolute atomic E-state index is 0.0687. The summed E-state index contributed by atoms with van der Waals surface area (Å²) in [6, 6.07) is 0.357. The van der Waals surface area contributed by atoms with Crippen molar-refractivity contribution in [3.63, 3.8) is 0 Å². The fraction of sp³-hybridized carbons (Fsp3) is 0.571. The van der Waals surface area contributed by atoms with E-state index in [-0.39, 0.29) is 20.9 Å². The third-order valence-corrected chi connectivity index (χ3v) is 9.86. The van der Waals surface area contributed by atoms with E-state index < -0.39 is 27.0 Å². The van der Waals surface area contributed by atoms with E-state index in [9.17, 15) is 17.2 Å². The molecular formula is C21H24ClF2N7O2S2. The second-order valence-corrected chi connectivity index (χ2v) is 13.0. The molecule has 2 aromatic rings. The number of sulfonamides is 1. The first kappa shape index (κ1) is 23.5. The van der Waals surface area contributed by atoms with Crippen molar-refractivity contribution < 1.29 is 17.2 Å². The number of allylic oxidation sites excluding steroid dienone is 2. The van der Waals surface area contributed by atoms with Crippen LogP contribution in [0.2, 0.25) is 5.15 Å². The van der Waals surface area contributed by atoms with E-state index in [1.165, 1.54) is 6.20 Å². The van der Waals surface area contributed by atoms with Crippen LogP contribution in [0.1, 0.15) is 43.3 Å². The molecule has 1 saturated carbocycles. The van der Waals surface area contributed by atoms with Gasteiger partial charge >= 0.3 is 0 Å². The van der Waals surface area contributed by atoms with Crippen LogP contribution in [0.15, 0.2) is 16.7 Å². The van der Waals surface area contributed by atoms with Gasteiger partial charge in [0.25, 0.3) is 6.43 Å².